The molecule has 21 heavy (non-hydrogen) atoms. The number of rotatable bonds is 6. The summed E-state index contributed by atoms with van der Waals surface area (Å²) in [5, 5.41) is 7.63. The van der Waals surface area contributed by atoms with Crippen LogP contribution in [0.4, 0.5) is 0 Å². The topological polar surface area (TPSA) is 51.6 Å². The maximum absolute atomic E-state index is 12.0. The maximum atomic E-state index is 12.0. The number of esters is 1. The summed E-state index contributed by atoms with van der Waals surface area (Å²) in [6, 6.07) is 0. The van der Waals surface area contributed by atoms with Crippen LogP contribution in [-0.4, -0.2) is 92.8 Å². The van der Waals surface area contributed by atoms with Gasteiger partial charge in [0, 0.05) is 42.3 Å². The normalized spacial score (nSPS) is 13.2. The van der Waals surface area contributed by atoms with Crippen LogP contribution >= 0.6 is 0 Å². The van der Waals surface area contributed by atoms with E-state index in [9.17, 15) is 4.79 Å². The summed E-state index contributed by atoms with van der Waals surface area (Å²) in [6.07, 6.45) is 0. The van der Waals surface area contributed by atoms with Crippen molar-refractivity contribution in [2.45, 2.75) is 26.4 Å². The van der Waals surface area contributed by atoms with Crippen LogP contribution in [-0.2, 0) is 9.53 Å². The fourth-order valence-corrected chi connectivity index (χ4v) is 1.57. The Morgan fingerprint density at radius 3 is 1.86 bits per heavy atom. The Kier molecular flexibility index (Phi) is 7.84. The lowest BCUT2D eigenvalue weighted by Gasteiger charge is -2.34. The average Bonchev–Trinajstić information content (AvgIpc) is 2.30. The van der Waals surface area contributed by atoms with Crippen molar-refractivity contribution in [2.75, 3.05) is 55.4 Å². The first-order valence-corrected chi connectivity index (χ1v) is 6.98. The van der Waals surface area contributed by atoms with Gasteiger partial charge in [-0.05, 0) is 20.8 Å². The standard InChI is InChI=1S/C14H31N5O2/c1-14(2,3)21-13(20)11-19(17(7)8)12(15-4)10-18(9)16(5)6/h10-11H2,1-9H3. The number of hydrazine groups is 2. The number of hydrogen-bond acceptors (Lipinski definition) is 6. The summed E-state index contributed by atoms with van der Waals surface area (Å²) >= 11 is 0. The molecule has 0 aromatic carbocycles. The van der Waals surface area contributed by atoms with Crippen LogP contribution < -0.4 is 0 Å². The van der Waals surface area contributed by atoms with Gasteiger partial charge < -0.3 is 4.74 Å². The van der Waals surface area contributed by atoms with E-state index >= 15 is 0 Å². The molecule has 0 rings (SSSR count). The summed E-state index contributed by atoms with van der Waals surface area (Å²) in [4.78, 5) is 16.4. The molecule has 7 nitrogen and oxygen atoms in total. The van der Waals surface area contributed by atoms with E-state index in [1.54, 1.807) is 7.05 Å². The zero-order valence-corrected chi connectivity index (χ0v) is 15.0. The van der Waals surface area contributed by atoms with Crippen molar-refractivity contribution >= 4 is 11.8 Å². The largest absolute Gasteiger partial charge is 0.459 e. The molecule has 0 aliphatic carbocycles. The van der Waals surface area contributed by atoms with E-state index in [1.165, 1.54) is 0 Å². The van der Waals surface area contributed by atoms with E-state index in [1.807, 2.05) is 76.0 Å². The molecule has 124 valence electrons. The second-order valence-corrected chi connectivity index (χ2v) is 6.29. The number of nitrogens with zero attached hydrogens (tertiary/aromatic N) is 5. The quantitative estimate of drug-likeness (QED) is 0.309. The third-order valence-corrected chi connectivity index (χ3v) is 2.79. The summed E-state index contributed by atoms with van der Waals surface area (Å²) in [6.45, 7) is 6.32. The molecule has 0 spiro atoms. The molecule has 0 aliphatic rings. The highest BCUT2D eigenvalue weighted by molar-refractivity contribution is 5.87. The molecule has 0 saturated heterocycles. The predicted octanol–water partition coefficient (Wildman–Crippen LogP) is 0.543. The minimum atomic E-state index is -0.487. The molecule has 0 atom stereocenters. The van der Waals surface area contributed by atoms with Crippen LogP contribution in [0.15, 0.2) is 4.99 Å². The van der Waals surface area contributed by atoms with Crippen molar-refractivity contribution in [1.29, 1.82) is 0 Å². The van der Waals surface area contributed by atoms with Gasteiger partial charge in [0.05, 0.1) is 6.54 Å². The lowest BCUT2D eigenvalue weighted by atomic mass is 10.2. The van der Waals surface area contributed by atoms with Crippen LogP contribution in [0, 0.1) is 0 Å². The van der Waals surface area contributed by atoms with Crippen LogP contribution in [0.2, 0.25) is 0 Å². The first-order chi connectivity index (χ1) is 9.47. The molecule has 0 heterocycles. The van der Waals surface area contributed by atoms with Gasteiger partial charge in [-0.25, -0.2) is 15.0 Å². The molecule has 0 saturated carbocycles. The van der Waals surface area contributed by atoms with Gasteiger partial charge in [-0.1, -0.05) is 0 Å². The van der Waals surface area contributed by atoms with Crippen LogP contribution in [0.1, 0.15) is 20.8 Å². The zero-order valence-electron chi connectivity index (χ0n) is 15.0. The summed E-state index contributed by atoms with van der Waals surface area (Å²) in [5.41, 5.74) is -0.487. The van der Waals surface area contributed by atoms with Crippen LogP contribution in [0.5, 0.6) is 0 Å². The number of hydrogen-bond donors (Lipinski definition) is 0. The maximum Gasteiger partial charge on any atom is 0.327 e. The highest BCUT2D eigenvalue weighted by Crippen LogP contribution is 2.08. The zero-order chi connectivity index (χ0) is 16.8. The van der Waals surface area contributed by atoms with Gasteiger partial charge in [-0.15, -0.1) is 0 Å². The Morgan fingerprint density at radius 1 is 1.00 bits per heavy atom. The molecule has 0 fully saturated rings. The fraction of sp³-hybridized carbons (Fsp3) is 0.857. The molecule has 0 N–H and O–H groups in total. The highest BCUT2D eigenvalue weighted by Gasteiger charge is 2.23. The lowest BCUT2D eigenvalue weighted by Crippen LogP contribution is -2.51. The number of carbonyl (C=O) groups excluding carboxylic acids is 1. The van der Waals surface area contributed by atoms with E-state index in [4.69, 9.17) is 4.74 Å². The van der Waals surface area contributed by atoms with Gasteiger partial charge in [-0.2, -0.15) is 0 Å². The predicted molar refractivity (Wildman–Crippen MR) is 85.9 cm³/mol. The Balaban J connectivity index is 4.91. The molecule has 0 aromatic heterocycles. The summed E-state index contributed by atoms with van der Waals surface area (Å²) < 4.78 is 5.38. The van der Waals surface area contributed by atoms with Gasteiger partial charge in [0.15, 0.2) is 0 Å². The SMILES string of the molecule is CN=C(CN(C)N(C)C)N(CC(=O)OC(C)(C)C)N(C)C. The van der Waals surface area contributed by atoms with Crippen molar-refractivity contribution in [3.05, 3.63) is 0 Å². The minimum Gasteiger partial charge on any atom is -0.459 e. The van der Waals surface area contributed by atoms with Gasteiger partial charge in [0.25, 0.3) is 0 Å². The van der Waals surface area contributed by atoms with Crippen molar-refractivity contribution in [3.63, 3.8) is 0 Å². The minimum absolute atomic E-state index is 0.137. The smallest absolute Gasteiger partial charge is 0.327 e. The monoisotopic (exact) mass is 301 g/mol. The molecule has 0 aromatic rings. The number of amidine groups is 1. The summed E-state index contributed by atoms with van der Waals surface area (Å²) in [7, 11) is 11.4. The molecule has 0 radical (unpaired) electrons. The average molecular weight is 301 g/mol. The van der Waals surface area contributed by atoms with Gasteiger partial charge in [0.2, 0.25) is 0 Å². The molecular formula is C14H31N5O2. The second-order valence-electron chi connectivity index (χ2n) is 6.29. The van der Waals surface area contributed by atoms with Crippen molar-refractivity contribution < 1.29 is 9.53 Å². The first-order valence-electron chi connectivity index (χ1n) is 6.98. The van der Waals surface area contributed by atoms with Gasteiger partial charge in [-0.3, -0.25) is 14.8 Å². The second kappa shape index (κ2) is 8.31. The molecule has 7 heteroatoms. The Labute approximate surface area is 129 Å². The molecule has 0 aliphatic heterocycles. The number of carbonyl (C=O) groups is 1. The molecule has 0 amide bonds. The first kappa shape index (κ1) is 19.8. The molecule has 0 unspecified atom stereocenters. The Morgan fingerprint density at radius 2 is 1.52 bits per heavy atom. The molecular weight excluding hydrogens is 270 g/mol. The van der Waals surface area contributed by atoms with Gasteiger partial charge in [0.1, 0.15) is 18.0 Å². The lowest BCUT2D eigenvalue weighted by molar-refractivity contribution is -0.157. The fourth-order valence-electron chi connectivity index (χ4n) is 1.57. The number of aliphatic imine (C=N–C) groups is 1. The Bertz CT molecular complexity index is 361. The van der Waals surface area contributed by atoms with E-state index in [0.29, 0.717) is 6.54 Å². The molecule has 0 bridgehead atoms. The Hall–Kier alpha value is -1.18. The van der Waals surface area contributed by atoms with E-state index < -0.39 is 5.60 Å². The van der Waals surface area contributed by atoms with E-state index in [-0.39, 0.29) is 12.5 Å². The third kappa shape index (κ3) is 7.99. The van der Waals surface area contributed by atoms with Crippen molar-refractivity contribution in [2.24, 2.45) is 4.99 Å². The highest BCUT2D eigenvalue weighted by atomic mass is 16.6. The number of ether oxygens (including phenoxy) is 1. The van der Waals surface area contributed by atoms with E-state index in [0.717, 1.165) is 5.84 Å². The number of likely N-dealkylation sites (N-methyl/N-ethyl adjacent to an activating group) is 1. The van der Waals surface area contributed by atoms with Crippen LogP contribution in [0.25, 0.3) is 0 Å². The van der Waals surface area contributed by atoms with Crippen LogP contribution in [0.3, 0.4) is 0 Å². The third-order valence-electron chi connectivity index (χ3n) is 2.79. The van der Waals surface area contributed by atoms with E-state index in [2.05, 4.69) is 4.99 Å². The van der Waals surface area contributed by atoms with Gasteiger partial charge >= 0.3 is 5.97 Å². The van der Waals surface area contributed by atoms with Crippen molar-refractivity contribution in [3.8, 4) is 0 Å². The summed E-state index contributed by atoms with van der Waals surface area (Å²) in [5.74, 6) is 0.520. The van der Waals surface area contributed by atoms with Crippen molar-refractivity contribution in [1.82, 2.24) is 20.0 Å².